The van der Waals surface area contributed by atoms with Crippen molar-refractivity contribution in [2.75, 3.05) is 31.1 Å². The minimum Gasteiger partial charge on any atom is -0.492 e. The van der Waals surface area contributed by atoms with Crippen molar-refractivity contribution in [3.63, 3.8) is 0 Å². The fourth-order valence-electron chi connectivity index (χ4n) is 3.95. The fourth-order valence-corrected chi connectivity index (χ4v) is 3.95. The van der Waals surface area contributed by atoms with Gasteiger partial charge in [-0.3, -0.25) is 4.79 Å². The van der Waals surface area contributed by atoms with Crippen molar-refractivity contribution >= 4 is 11.8 Å². The molecule has 1 fully saturated rings. The van der Waals surface area contributed by atoms with E-state index in [-0.39, 0.29) is 23.4 Å². The normalized spacial score (nSPS) is 14.2. The number of rotatable bonds is 7. The molecule has 32 heavy (non-hydrogen) atoms. The lowest BCUT2D eigenvalue weighted by atomic mass is 9.96. The number of furan rings is 1. The smallest absolute Gasteiger partial charge is 0.266 e. The molecule has 3 heterocycles. The lowest BCUT2D eigenvalue weighted by Crippen LogP contribution is -2.41. The van der Waals surface area contributed by atoms with Crippen molar-refractivity contribution in [1.29, 1.82) is 5.26 Å². The number of ether oxygens (including phenoxy) is 1. The summed E-state index contributed by atoms with van der Waals surface area (Å²) in [4.78, 5) is 18.8. The quantitative estimate of drug-likeness (QED) is 0.564. The second-order valence-electron chi connectivity index (χ2n) is 7.99. The van der Waals surface area contributed by atoms with E-state index >= 15 is 0 Å². The summed E-state index contributed by atoms with van der Waals surface area (Å²) in [5.41, 5.74) is 2.53. The summed E-state index contributed by atoms with van der Waals surface area (Å²) in [6.45, 7) is 6.16. The first kappa shape index (κ1) is 21.5. The molecule has 1 aromatic carbocycles. The molecule has 0 spiro atoms. The summed E-state index contributed by atoms with van der Waals surface area (Å²) in [5, 5.41) is 12.4. The molecule has 1 aliphatic heterocycles. The van der Waals surface area contributed by atoms with Gasteiger partial charge in [0.25, 0.3) is 5.89 Å². The number of nitrogens with one attached hydrogen (secondary N) is 1. The molecule has 1 saturated heterocycles. The lowest BCUT2D eigenvalue weighted by Gasteiger charge is -2.30. The van der Waals surface area contributed by atoms with Crippen LogP contribution >= 0.6 is 0 Å². The van der Waals surface area contributed by atoms with Gasteiger partial charge in [0.1, 0.15) is 18.4 Å². The highest BCUT2D eigenvalue weighted by molar-refractivity contribution is 5.79. The molecule has 166 valence electrons. The van der Waals surface area contributed by atoms with Crippen LogP contribution in [0.3, 0.4) is 0 Å². The monoisotopic (exact) mass is 434 g/mol. The Morgan fingerprint density at radius 3 is 2.69 bits per heavy atom. The predicted molar refractivity (Wildman–Crippen MR) is 118 cm³/mol. The number of carbonyl (C=O) groups is 1. The van der Waals surface area contributed by atoms with Crippen LogP contribution < -0.4 is 15.0 Å². The van der Waals surface area contributed by atoms with Gasteiger partial charge in [-0.2, -0.15) is 10.2 Å². The van der Waals surface area contributed by atoms with Crippen LogP contribution in [0.2, 0.25) is 0 Å². The van der Waals surface area contributed by atoms with Crippen molar-refractivity contribution in [1.82, 2.24) is 10.3 Å². The Labute approximate surface area is 186 Å². The molecule has 0 unspecified atom stereocenters. The van der Waals surface area contributed by atoms with E-state index in [1.54, 1.807) is 12.1 Å². The number of oxazole rings is 1. The minimum atomic E-state index is -0.0783. The van der Waals surface area contributed by atoms with Gasteiger partial charge in [0.15, 0.2) is 5.76 Å². The van der Waals surface area contributed by atoms with Gasteiger partial charge in [0.2, 0.25) is 17.5 Å². The largest absolute Gasteiger partial charge is 0.492 e. The van der Waals surface area contributed by atoms with Crippen molar-refractivity contribution in [3.05, 3.63) is 53.4 Å². The number of aryl methyl sites for hydroxylation is 2. The van der Waals surface area contributed by atoms with Gasteiger partial charge in [-0.25, -0.2) is 0 Å². The summed E-state index contributed by atoms with van der Waals surface area (Å²) in [6, 6.07) is 11.6. The number of aromatic nitrogens is 1. The molecule has 0 radical (unpaired) electrons. The molecule has 1 N–H and O–H groups in total. The van der Waals surface area contributed by atoms with Crippen LogP contribution in [-0.4, -0.2) is 37.1 Å². The Morgan fingerprint density at radius 2 is 2.03 bits per heavy atom. The van der Waals surface area contributed by atoms with E-state index in [0.717, 1.165) is 16.9 Å². The standard InChI is InChI=1S/C24H26N4O4/c1-16-12-17(2)14-19(13-16)30-11-7-26-22(29)18-5-8-28(9-6-18)24-20(15-25)27-23(32-24)21-4-3-10-31-21/h3-4,10,12-14,18H,5-9,11H2,1-2H3,(H,26,29). The molecule has 0 atom stereocenters. The maximum atomic E-state index is 12.6. The number of amides is 1. The highest BCUT2D eigenvalue weighted by atomic mass is 16.5. The summed E-state index contributed by atoms with van der Waals surface area (Å²) in [5.74, 6) is 1.96. The van der Waals surface area contributed by atoms with Crippen LogP contribution in [0.15, 0.2) is 45.4 Å². The van der Waals surface area contributed by atoms with Gasteiger partial charge in [-0.15, -0.1) is 0 Å². The topological polar surface area (TPSA) is 105 Å². The average Bonchev–Trinajstić information content (AvgIpc) is 3.46. The molecule has 8 heteroatoms. The molecule has 2 aromatic heterocycles. The highest BCUT2D eigenvalue weighted by Crippen LogP contribution is 2.31. The van der Waals surface area contributed by atoms with Crippen molar-refractivity contribution in [3.8, 4) is 23.5 Å². The Bertz CT molecular complexity index is 1090. The zero-order chi connectivity index (χ0) is 22.5. The van der Waals surface area contributed by atoms with Crippen LogP contribution in [0.1, 0.15) is 29.7 Å². The Kier molecular flexibility index (Phi) is 6.45. The average molecular weight is 434 g/mol. The maximum absolute atomic E-state index is 12.6. The Hall–Kier alpha value is -3.73. The van der Waals surface area contributed by atoms with Crippen LogP contribution in [0.5, 0.6) is 5.75 Å². The number of nitriles is 1. The zero-order valence-corrected chi connectivity index (χ0v) is 18.3. The molecule has 8 nitrogen and oxygen atoms in total. The summed E-state index contributed by atoms with van der Waals surface area (Å²) >= 11 is 0. The Morgan fingerprint density at radius 1 is 1.28 bits per heavy atom. The Balaban J connectivity index is 1.25. The first-order valence-electron chi connectivity index (χ1n) is 10.7. The zero-order valence-electron chi connectivity index (χ0n) is 18.3. The second kappa shape index (κ2) is 9.60. The molecule has 0 saturated carbocycles. The van der Waals surface area contributed by atoms with Gasteiger partial charge < -0.3 is 23.8 Å². The van der Waals surface area contributed by atoms with Crippen LogP contribution in [0, 0.1) is 31.1 Å². The number of hydrogen-bond acceptors (Lipinski definition) is 7. The lowest BCUT2D eigenvalue weighted by molar-refractivity contribution is -0.125. The SMILES string of the molecule is Cc1cc(C)cc(OCCNC(=O)C2CCN(c3oc(-c4ccco4)nc3C#N)CC2)c1. The van der Waals surface area contributed by atoms with E-state index < -0.39 is 0 Å². The first-order valence-corrected chi connectivity index (χ1v) is 10.7. The molecule has 4 rings (SSSR count). The van der Waals surface area contributed by atoms with Crippen molar-refractivity contribution < 1.29 is 18.4 Å². The number of hydrogen-bond donors (Lipinski definition) is 1. The van der Waals surface area contributed by atoms with E-state index in [1.165, 1.54) is 6.26 Å². The van der Waals surface area contributed by atoms with E-state index in [4.69, 9.17) is 13.6 Å². The highest BCUT2D eigenvalue weighted by Gasteiger charge is 2.29. The number of anilines is 1. The third kappa shape index (κ3) is 4.94. The fraction of sp³-hybridized carbons (Fsp3) is 0.375. The molecular formula is C24H26N4O4. The van der Waals surface area contributed by atoms with E-state index in [1.807, 2.05) is 30.9 Å². The van der Waals surface area contributed by atoms with Crippen LogP contribution in [0.25, 0.3) is 11.7 Å². The number of carbonyl (C=O) groups excluding carboxylic acids is 1. The molecule has 1 aliphatic rings. The predicted octanol–water partition coefficient (Wildman–Crippen LogP) is 3.83. The molecule has 0 aliphatic carbocycles. The van der Waals surface area contributed by atoms with E-state index in [2.05, 4.69) is 22.4 Å². The van der Waals surface area contributed by atoms with Gasteiger partial charge in [-0.05, 0) is 62.1 Å². The van der Waals surface area contributed by atoms with Crippen molar-refractivity contribution in [2.24, 2.45) is 5.92 Å². The first-order chi connectivity index (χ1) is 15.5. The van der Waals surface area contributed by atoms with Gasteiger partial charge in [0.05, 0.1) is 12.8 Å². The van der Waals surface area contributed by atoms with Gasteiger partial charge in [0, 0.05) is 19.0 Å². The summed E-state index contributed by atoms with van der Waals surface area (Å²) in [6.07, 6.45) is 2.87. The van der Waals surface area contributed by atoms with Crippen molar-refractivity contribution in [2.45, 2.75) is 26.7 Å². The van der Waals surface area contributed by atoms with Gasteiger partial charge in [-0.1, -0.05) is 6.07 Å². The van der Waals surface area contributed by atoms with E-state index in [0.29, 0.717) is 50.7 Å². The van der Waals surface area contributed by atoms with E-state index in [9.17, 15) is 10.1 Å². The minimum absolute atomic E-state index is 0.0306. The third-order valence-corrected chi connectivity index (χ3v) is 5.47. The maximum Gasteiger partial charge on any atom is 0.266 e. The molecule has 3 aromatic rings. The second-order valence-corrected chi connectivity index (χ2v) is 7.99. The number of benzene rings is 1. The molecule has 0 bridgehead atoms. The van der Waals surface area contributed by atoms with Gasteiger partial charge >= 0.3 is 0 Å². The summed E-state index contributed by atoms with van der Waals surface area (Å²) < 4.78 is 16.9. The number of nitrogens with zero attached hydrogens (tertiary/aromatic N) is 3. The summed E-state index contributed by atoms with van der Waals surface area (Å²) in [7, 11) is 0. The molecular weight excluding hydrogens is 408 g/mol. The van der Waals surface area contributed by atoms with Crippen LogP contribution in [0.4, 0.5) is 5.88 Å². The third-order valence-electron chi connectivity index (χ3n) is 5.47. The molecule has 1 amide bonds. The van der Waals surface area contributed by atoms with Crippen LogP contribution in [-0.2, 0) is 4.79 Å². The number of piperidine rings is 1.